The molecule has 1 aliphatic carbocycles. The van der Waals surface area contributed by atoms with Gasteiger partial charge in [0.15, 0.2) is 0 Å². The maximum Gasteiger partial charge on any atom is 0.410 e. The summed E-state index contributed by atoms with van der Waals surface area (Å²) >= 11 is 0. The lowest BCUT2D eigenvalue weighted by Crippen LogP contribution is -2.59. The first-order valence-corrected chi connectivity index (χ1v) is 9.77. The van der Waals surface area contributed by atoms with Gasteiger partial charge in [0.1, 0.15) is 18.8 Å². The van der Waals surface area contributed by atoms with Crippen LogP contribution in [0.4, 0.5) is 4.79 Å². The van der Waals surface area contributed by atoms with E-state index in [1.807, 2.05) is 30.3 Å². The van der Waals surface area contributed by atoms with E-state index >= 15 is 0 Å². The maximum atomic E-state index is 12.8. The topological polar surface area (TPSA) is 85.1 Å². The van der Waals surface area contributed by atoms with Crippen molar-refractivity contribution in [3.05, 3.63) is 35.9 Å². The third-order valence-electron chi connectivity index (χ3n) is 5.21. The van der Waals surface area contributed by atoms with E-state index in [0.29, 0.717) is 32.7 Å². The van der Waals surface area contributed by atoms with Crippen molar-refractivity contribution in [3.63, 3.8) is 0 Å². The smallest absolute Gasteiger partial charge is 0.410 e. The lowest BCUT2D eigenvalue weighted by molar-refractivity contribution is -0.157. The minimum atomic E-state index is -0.644. The van der Waals surface area contributed by atoms with E-state index in [4.69, 9.17) is 15.2 Å². The van der Waals surface area contributed by atoms with Crippen molar-refractivity contribution in [3.8, 4) is 0 Å². The van der Waals surface area contributed by atoms with Crippen LogP contribution in [0, 0.1) is 0 Å². The fourth-order valence-electron chi connectivity index (χ4n) is 3.70. The summed E-state index contributed by atoms with van der Waals surface area (Å²) < 4.78 is 11.1. The first-order valence-electron chi connectivity index (χ1n) is 9.77. The molecule has 1 aromatic carbocycles. The SMILES string of the molecule is NCCN1CCN(C(=O)OCc2ccccc2)C(C(=O)OC2CCCC2)C1. The van der Waals surface area contributed by atoms with E-state index in [1.54, 1.807) is 0 Å². The molecule has 0 bridgehead atoms. The molecule has 2 fully saturated rings. The zero-order chi connectivity index (χ0) is 19.1. The van der Waals surface area contributed by atoms with Crippen molar-refractivity contribution in [1.82, 2.24) is 9.80 Å². The summed E-state index contributed by atoms with van der Waals surface area (Å²) in [5, 5.41) is 0. The lowest BCUT2D eigenvalue weighted by atomic mass is 10.1. The number of benzene rings is 1. The molecule has 1 saturated heterocycles. The van der Waals surface area contributed by atoms with Crippen LogP contribution in [0.3, 0.4) is 0 Å². The third-order valence-corrected chi connectivity index (χ3v) is 5.21. The molecule has 7 nitrogen and oxygen atoms in total. The molecule has 1 unspecified atom stereocenters. The molecule has 1 saturated carbocycles. The normalized spacial score (nSPS) is 21.2. The average molecular weight is 375 g/mol. The zero-order valence-electron chi connectivity index (χ0n) is 15.7. The molecule has 1 amide bonds. The first kappa shape index (κ1) is 19.6. The van der Waals surface area contributed by atoms with Crippen LogP contribution in [0.5, 0.6) is 0 Å². The second-order valence-corrected chi connectivity index (χ2v) is 7.18. The van der Waals surface area contributed by atoms with E-state index < -0.39 is 12.1 Å². The fourth-order valence-corrected chi connectivity index (χ4v) is 3.70. The number of carbonyl (C=O) groups excluding carboxylic acids is 2. The molecular formula is C20H29N3O4. The number of hydrogen-bond acceptors (Lipinski definition) is 6. The standard InChI is InChI=1S/C20H29N3O4/c21-10-11-22-12-13-23(20(25)26-15-16-6-2-1-3-7-16)18(14-22)19(24)27-17-8-4-5-9-17/h1-3,6-7,17-18H,4-5,8-15,21H2. The Morgan fingerprint density at radius 3 is 2.56 bits per heavy atom. The minimum Gasteiger partial charge on any atom is -0.461 e. The molecule has 2 aliphatic rings. The van der Waals surface area contributed by atoms with Crippen LogP contribution in [-0.2, 0) is 20.9 Å². The molecule has 1 aliphatic heterocycles. The minimum absolute atomic E-state index is 0.0235. The summed E-state index contributed by atoms with van der Waals surface area (Å²) in [5.74, 6) is -0.333. The van der Waals surface area contributed by atoms with Crippen molar-refractivity contribution in [2.75, 3.05) is 32.7 Å². The van der Waals surface area contributed by atoms with Crippen LogP contribution < -0.4 is 5.73 Å². The highest BCUT2D eigenvalue weighted by Gasteiger charge is 2.38. The van der Waals surface area contributed by atoms with Gasteiger partial charge >= 0.3 is 12.1 Å². The van der Waals surface area contributed by atoms with Crippen molar-refractivity contribution in [1.29, 1.82) is 0 Å². The Morgan fingerprint density at radius 1 is 1.11 bits per heavy atom. The number of nitrogens with two attached hydrogens (primary N) is 1. The average Bonchev–Trinajstić information content (AvgIpc) is 3.20. The van der Waals surface area contributed by atoms with Crippen LogP contribution in [0.25, 0.3) is 0 Å². The Morgan fingerprint density at radius 2 is 1.85 bits per heavy atom. The number of amides is 1. The van der Waals surface area contributed by atoms with Gasteiger partial charge in [-0.1, -0.05) is 30.3 Å². The van der Waals surface area contributed by atoms with E-state index in [2.05, 4.69) is 4.90 Å². The van der Waals surface area contributed by atoms with Gasteiger partial charge < -0.3 is 15.2 Å². The van der Waals surface area contributed by atoms with Gasteiger partial charge in [-0.25, -0.2) is 9.59 Å². The Kier molecular flexibility index (Phi) is 7.06. The predicted octanol–water partition coefficient (Wildman–Crippen LogP) is 1.75. The quantitative estimate of drug-likeness (QED) is 0.763. The number of nitrogens with zero attached hydrogens (tertiary/aromatic N) is 2. The van der Waals surface area contributed by atoms with Gasteiger partial charge in [0, 0.05) is 32.7 Å². The molecule has 0 spiro atoms. The van der Waals surface area contributed by atoms with Crippen molar-refractivity contribution < 1.29 is 19.1 Å². The molecule has 3 rings (SSSR count). The number of hydrogen-bond donors (Lipinski definition) is 1. The Labute approximate surface area is 160 Å². The van der Waals surface area contributed by atoms with Crippen molar-refractivity contribution in [2.45, 2.75) is 44.4 Å². The Balaban J connectivity index is 1.62. The van der Waals surface area contributed by atoms with Gasteiger partial charge in [0.2, 0.25) is 0 Å². The van der Waals surface area contributed by atoms with Crippen molar-refractivity contribution >= 4 is 12.1 Å². The van der Waals surface area contributed by atoms with Gasteiger partial charge in [-0.15, -0.1) is 0 Å². The van der Waals surface area contributed by atoms with E-state index in [-0.39, 0.29) is 18.7 Å². The summed E-state index contributed by atoms with van der Waals surface area (Å²) in [6.45, 7) is 2.93. The number of carbonyl (C=O) groups is 2. The summed E-state index contributed by atoms with van der Waals surface area (Å²) in [5.41, 5.74) is 6.57. The summed E-state index contributed by atoms with van der Waals surface area (Å²) in [4.78, 5) is 29.0. The molecule has 148 valence electrons. The number of piperazine rings is 1. The van der Waals surface area contributed by atoms with Crippen molar-refractivity contribution in [2.24, 2.45) is 5.73 Å². The largest absolute Gasteiger partial charge is 0.461 e. The molecule has 1 atom stereocenters. The van der Waals surface area contributed by atoms with Gasteiger partial charge in [-0.05, 0) is 31.2 Å². The fraction of sp³-hybridized carbons (Fsp3) is 0.600. The van der Waals surface area contributed by atoms with E-state index in [1.165, 1.54) is 4.90 Å². The maximum absolute atomic E-state index is 12.8. The number of ether oxygens (including phenoxy) is 2. The predicted molar refractivity (Wildman–Crippen MR) is 101 cm³/mol. The molecule has 2 N–H and O–H groups in total. The lowest BCUT2D eigenvalue weighted by Gasteiger charge is -2.39. The monoisotopic (exact) mass is 375 g/mol. The molecule has 1 heterocycles. The molecule has 7 heteroatoms. The highest BCUT2D eigenvalue weighted by Crippen LogP contribution is 2.23. The van der Waals surface area contributed by atoms with E-state index in [9.17, 15) is 9.59 Å². The molecule has 0 aromatic heterocycles. The zero-order valence-corrected chi connectivity index (χ0v) is 15.7. The van der Waals surface area contributed by atoms with Crippen LogP contribution in [0.1, 0.15) is 31.2 Å². The third kappa shape index (κ3) is 5.43. The highest BCUT2D eigenvalue weighted by atomic mass is 16.6. The number of esters is 1. The Hall–Kier alpha value is -2.12. The molecule has 27 heavy (non-hydrogen) atoms. The van der Waals surface area contributed by atoms with E-state index in [0.717, 1.165) is 31.2 Å². The number of rotatable bonds is 6. The molecule has 1 aromatic rings. The van der Waals surface area contributed by atoms with Gasteiger partial charge in [0.05, 0.1) is 0 Å². The van der Waals surface area contributed by atoms with Gasteiger partial charge in [0.25, 0.3) is 0 Å². The van der Waals surface area contributed by atoms with Gasteiger partial charge in [-0.3, -0.25) is 9.80 Å². The highest BCUT2D eigenvalue weighted by molar-refractivity contribution is 5.82. The molecular weight excluding hydrogens is 346 g/mol. The van der Waals surface area contributed by atoms with Crippen LogP contribution >= 0.6 is 0 Å². The summed E-state index contributed by atoms with van der Waals surface area (Å²) in [7, 11) is 0. The van der Waals surface area contributed by atoms with Gasteiger partial charge in [-0.2, -0.15) is 0 Å². The first-order chi connectivity index (χ1) is 13.2. The Bertz CT molecular complexity index is 619. The van der Waals surface area contributed by atoms with Crippen LogP contribution in [0.15, 0.2) is 30.3 Å². The second-order valence-electron chi connectivity index (χ2n) is 7.18. The van der Waals surface area contributed by atoms with Crippen LogP contribution in [0.2, 0.25) is 0 Å². The van der Waals surface area contributed by atoms with Crippen LogP contribution in [-0.4, -0.2) is 66.7 Å². The summed E-state index contributed by atoms with van der Waals surface area (Å²) in [6, 6.07) is 8.87. The second kappa shape index (κ2) is 9.71. The summed E-state index contributed by atoms with van der Waals surface area (Å²) in [6.07, 6.45) is 3.49. The molecule has 0 radical (unpaired) electrons.